The van der Waals surface area contributed by atoms with Gasteiger partial charge in [-0.15, -0.1) is 0 Å². The van der Waals surface area contributed by atoms with Crippen LogP contribution in [0.4, 0.5) is 9.41 Å². The Morgan fingerprint density at radius 3 is 1.00 bits per heavy atom. The fourth-order valence-electron chi connectivity index (χ4n) is 0.219. The van der Waals surface area contributed by atoms with Crippen LogP contribution in [0.25, 0.3) is 0 Å². The lowest BCUT2D eigenvalue weighted by atomic mass is 10.9. The number of rotatable bonds is 0. The van der Waals surface area contributed by atoms with Crippen molar-refractivity contribution in [1.82, 2.24) is 0 Å². The SMILES string of the molecule is C1=COC=CO1.F.F. The van der Waals surface area contributed by atoms with Crippen molar-refractivity contribution in [2.45, 2.75) is 0 Å². The predicted molar refractivity (Wildman–Crippen MR) is 25.5 cm³/mol. The highest BCUT2D eigenvalue weighted by Crippen LogP contribution is 1.89. The van der Waals surface area contributed by atoms with Crippen molar-refractivity contribution in [3.8, 4) is 0 Å². The molecular formula is C4H6F2O2. The highest BCUT2D eigenvalue weighted by molar-refractivity contribution is 4.77. The first kappa shape index (κ1) is 10.0. The molecule has 0 aromatic carbocycles. The molecule has 0 N–H and O–H groups in total. The first-order chi connectivity index (χ1) is 3.00. The van der Waals surface area contributed by atoms with E-state index in [1.165, 1.54) is 25.0 Å². The van der Waals surface area contributed by atoms with Crippen molar-refractivity contribution < 1.29 is 18.9 Å². The summed E-state index contributed by atoms with van der Waals surface area (Å²) in [5.74, 6) is 0. The Balaban J connectivity index is 0. The Kier molecular flexibility index (Phi) is 7.45. The Hall–Kier alpha value is -1.06. The van der Waals surface area contributed by atoms with Gasteiger partial charge in [-0.1, -0.05) is 0 Å². The van der Waals surface area contributed by atoms with Crippen LogP contribution >= 0.6 is 0 Å². The Bertz CT molecular complexity index is 70.0. The van der Waals surface area contributed by atoms with Gasteiger partial charge < -0.3 is 9.47 Å². The molecule has 8 heavy (non-hydrogen) atoms. The molecule has 1 heterocycles. The van der Waals surface area contributed by atoms with E-state index in [9.17, 15) is 0 Å². The molecule has 1 rings (SSSR count). The lowest BCUT2D eigenvalue weighted by Crippen LogP contribution is -1.74. The molecule has 0 aromatic rings. The average Bonchev–Trinajstić information content (AvgIpc) is 1.72. The van der Waals surface area contributed by atoms with Gasteiger partial charge in [0.15, 0.2) is 0 Å². The van der Waals surface area contributed by atoms with Crippen LogP contribution in [0.15, 0.2) is 25.0 Å². The molecule has 0 aromatic heterocycles. The zero-order chi connectivity index (χ0) is 4.24. The number of halogens is 2. The van der Waals surface area contributed by atoms with Gasteiger partial charge in [-0.2, -0.15) is 0 Å². The summed E-state index contributed by atoms with van der Waals surface area (Å²) in [4.78, 5) is 0. The van der Waals surface area contributed by atoms with E-state index in [1.54, 1.807) is 0 Å². The van der Waals surface area contributed by atoms with E-state index in [4.69, 9.17) is 0 Å². The molecule has 1 aliphatic rings. The van der Waals surface area contributed by atoms with Crippen LogP contribution in [0, 0.1) is 0 Å². The minimum atomic E-state index is 0. The standard InChI is InChI=1S/C4H4O2.2FH/c1-2-6-4-3-5-1;;/h1-4H;2*1H. The van der Waals surface area contributed by atoms with Gasteiger partial charge in [0.1, 0.15) is 25.0 Å². The third-order valence-corrected chi connectivity index (χ3v) is 0.425. The second-order valence-corrected chi connectivity index (χ2v) is 0.816. The van der Waals surface area contributed by atoms with Gasteiger partial charge in [-0.3, -0.25) is 9.41 Å². The summed E-state index contributed by atoms with van der Waals surface area (Å²) in [6.07, 6.45) is 5.83. The monoisotopic (exact) mass is 124 g/mol. The molecule has 0 saturated heterocycles. The summed E-state index contributed by atoms with van der Waals surface area (Å²) < 4.78 is 9.17. The van der Waals surface area contributed by atoms with Gasteiger partial charge in [0, 0.05) is 0 Å². The van der Waals surface area contributed by atoms with Crippen molar-refractivity contribution in [2.24, 2.45) is 0 Å². The zero-order valence-electron chi connectivity index (χ0n) is 3.94. The molecule has 0 amide bonds. The smallest absolute Gasteiger partial charge is 0.125 e. The predicted octanol–water partition coefficient (Wildman–Crippen LogP) is 1.28. The molecule has 0 radical (unpaired) electrons. The quantitative estimate of drug-likeness (QED) is 0.484. The lowest BCUT2D eigenvalue weighted by molar-refractivity contribution is 0.290. The maximum atomic E-state index is 4.58. The first-order valence-electron chi connectivity index (χ1n) is 1.61. The number of ether oxygens (including phenoxy) is 2. The van der Waals surface area contributed by atoms with Crippen LogP contribution in [-0.4, -0.2) is 0 Å². The number of hydrogen-bond acceptors (Lipinski definition) is 2. The molecule has 2 nitrogen and oxygen atoms in total. The molecule has 4 heteroatoms. The van der Waals surface area contributed by atoms with E-state index in [1.807, 2.05) is 0 Å². The van der Waals surface area contributed by atoms with E-state index in [2.05, 4.69) is 9.47 Å². The Morgan fingerprint density at radius 2 is 0.875 bits per heavy atom. The molecule has 0 spiro atoms. The largest absolute Gasteiger partial charge is 0.466 e. The van der Waals surface area contributed by atoms with E-state index >= 15 is 0 Å². The van der Waals surface area contributed by atoms with Crippen molar-refractivity contribution in [1.29, 1.82) is 0 Å². The lowest BCUT2D eigenvalue weighted by Gasteiger charge is -1.94. The maximum Gasteiger partial charge on any atom is 0.125 e. The molecule has 48 valence electrons. The molecule has 1 aliphatic heterocycles. The van der Waals surface area contributed by atoms with Crippen LogP contribution in [0.5, 0.6) is 0 Å². The maximum absolute atomic E-state index is 4.58. The minimum absolute atomic E-state index is 0. The van der Waals surface area contributed by atoms with Crippen molar-refractivity contribution in [2.75, 3.05) is 0 Å². The van der Waals surface area contributed by atoms with Crippen LogP contribution < -0.4 is 0 Å². The van der Waals surface area contributed by atoms with Crippen LogP contribution in [0.2, 0.25) is 0 Å². The second-order valence-electron chi connectivity index (χ2n) is 0.816. The van der Waals surface area contributed by atoms with Crippen molar-refractivity contribution in [3.63, 3.8) is 0 Å². The van der Waals surface area contributed by atoms with Gasteiger partial charge in [-0.25, -0.2) is 0 Å². The summed E-state index contributed by atoms with van der Waals surface area (Å²) >= 11 is 0. The summed E-state index contributed by atoms with van der Waals surface area (Å²) in [6, 6.07) is 0. The van der Waals surface area contributed by atoms with Crippen LogP contribution in [0.3, 0.4) is 0 Å². The molecule has 0 fully saturated rings. The molecule has 0 unspecified atom stereocenters. The first-order valence-corrected chi connectivity index (χ1v) is 1.61. The number of hydrogen-bond donors (Lipinski definition) is 0. The fraction of sp³-hybridized carbons (Fsp3) is 0. The summed E-state index contributed by atoms with van der Waals surface area (Å²) in [5, 5.41) is 0. The Morgan fingerprint density at radius 1 is 0.625 bits per heavy atom. The van der Waals surface area contributed by atoms with Crippen molar-refractivity contribution in [3.05, 3.63) is 25.0 Å². The molecule has 0 atom stereocenters. The molecule has 0 saturated carbocycles. The molecular weight excluding hydrogens is 118 g/mol. The van der Waals surface area contributed by atoms with E-state index in [-0.39, 0.29) is 9.41 Å². The highest BCUT2D eigenvalue weighted by atomic mass is 19.0. The second kappa shape index (κ2) is 5.94. The Labute approximate surface area is 45.1 Å². The van der Waals surface area contributed by atoms with Crippen LogP contribution in [0.1, 0.15) is 0 Å². The van der Waals surface area contributed by atoms with E-state index in [0.717, 1.165) is 0 Å². The van der Waals surface area contributed by atoms with E-state index in [0.29, 0.717) is 0 Å². The average molecular weight is 124 g/mol. The highest BCUT2D eigenvalue weighted by Gasteiger charge is 1.74. The van der Waals surface area contributed by atoms with Gasteiger partial charge in [-0.05, 0) is 0 Å². The topological polar surface area (TPSA) is 18.5 Å². The third-order valence-electron chi connectivity index (χ3n) is 0.425. The molecule has 0 aliphatic carbocycles. The van der Waals surface area contributed by atoms with Crippen LogP contribution in [-0.2, 0) is 9.47 Å². The third kappa shape index (κ3) is 3.14. The van der Waals surface area contributed by atoms with Gasteiger partial charge in [0.2, 0.25) is 0 Å². The molecule has 0 bridgehead atoms. The fourth-order valence-corrected chi connectivity index (χ4v) is 0.219. The minimum Gasteiger partial charge on any atom is -0.466 e. The van der Waals surface area contributed by atoms with Crippen molar-refractivity contribution >= 4 is 0 Å². The van der Waals surface area contributed by atoms with Gasteiger partial charge in [0.05, 0.1) is 0 Å². The summed E-state index contributed by atoms with van der Waals surface area (Å²) in [7, 11) is 0. The van der Waals surface area contributed by atoms with Gasteiger partial charge >= 0.3 is 0 Å². The van der Waals surface area contributed by atoms with Gasteiger partial charge in [0.25, 0.3) is 0 Å². The summed E-state index contributed by atoms with van der Waals surface area (Å²) in [6.45, 7) is 0. The summed E-state index contributed by atoms with van der Waals surface area (Å²) in [5.41, 5.74) is 0. The normalized spacial score (nSPS) is 12.0. The zero-order valence-corrected chi connectivity index (χ0v) is 3.94. The van der Waals surface area contributed by atoms with E-state index < -0.39 is 0 Å².